The largest absolute Gasteiger partial charge is 0.477 e. The maximum atomic E-state index is 14.5. The Hall–Kier alpha value is -1.87. The summed E-state index contributed by atoms with van der Waals surface area (Å²) in [5.41, 5.74) is 0. The number of benzene rings is 1. The molecule has 9 heteroatoms. The van der Waals surface area contributed by atoms with E-state index in [1.165, 1.54) is 17.6 Å². The number of nitrogens with zero attached hydrogens (tertiary/aromatic N) is 4. The van der Waals surface area contributed by atoms with Gasteiger partial charge < -0.3 is 14.5 Å². The van der Waals surface area contributed by atoms with Gasteiger partial charge in [0.05, 0.1) is 0 Å². The average Bonchev–Trinajstić information content (AvgIpc) is 3.38. The second kappa shape index (κ2) is 9.95. The van der Waals surface area contributed by atoms with Gasteiger partial charge in [-0.15, -0.1) is 11.8 Å². The molecule has 2 fully saturated rings. The minimum atomic E-state index is -0.608. The SMILES string of the molecule is CC(C)Sc1ccc(OC2CCN(C3CCN(c4nc(C(C)C)ns4)CC3)C2=O)c(F)c1. The van der Waals surface area contributed by atoms with Gasteiger partial charge in [-0.05, 0) is 31.0 Å². The third kappa shape index (κ3) is 5.20. The third-order valence-corrected chi connectivity index (χ3v) is 7.65. The number of hydrogen-bond donors (Lipinski definition) is 0. The fourth-order valence-corrected chi connectivity index (χ4v) is 5.90. The second-order valence-corrected chi connectivity index (χ2v) is 11.4. The molecule has 3 heterocycles. The van der Waals surface area contributed by atoms with Gasteiger partial charge in [-0.1, -0.05) is 27.7 Å². The maximum Gasteiger partial charge on any atom is 0.263 e. The molecule has 1 unspecified atom stereocenters. The van der Waals surface area contributed by atoms with Crippen molar-refractivity contribution in [1.29, 1.82) is 0 Å². The van der Waals surface area contributed by atoms with Crippen LogP contribution in [0.1, 0.15) is 58.7 Å². The fourth-order valence-electron chi connectivity index (χ4n) is 4.18. The van der Waals surface area contributed by atoms with Gasteiger partial charge in [0.2, 0.25) is 5.13 Å². The highest BCUT2D eigenvalue weighted by atomic mass is 32.2. The van der Waals surface area contributed by atoms with E-state index < -0.39 is 11.9 Å². The Morgan fingerprint density at radius 1 is 1.16 bits per heavy atom. The Morgan fingerprint density at radius 2 is 1.91 bits per heavy atom. The molecule has 0 radical (unpaired) electrons. The number of halogens is 1. The number of aromatic nitrogens is 2. The van der Waals surface area contributed by atoms with Crippen LogP contribution in [0.4, 0.5) is 9.52 Å². The molecule has 0 bridgehead atoms. The first-order chi connectivity index (χ1) is 15.3. The molecular formula is C23H31FN4O2S2. The van der Waals surface area contributed by atoms with Crippen LogP contribution in [0.2, 0.25) is 0 Å². The fraction of sp³-hybridized carbons (Fsp3) is 0.609. The van der Waals surface area contributed by atoms with Crippen molar-refractivity contribution in [2.45, 2.75) is 75.2 Å². The van der Waals surface area contributed by atoms with Crippen molar-refractivity contribution in [3.8, 4) is 5.75 Å². The van der Waals surface area contributed by atoms with Crippen molar-refractivity contribution in [3.05, 3.63) is 29.8 Å². The molecule has 0 aliphatic carbocycles. The number of anilines is 1. The van der Waals surface area contributed by atoms with Gasteiger partial charge in [0.25, 0.3) is 5.91 Å². The van der Waals surface area contributed by atoms with Crippen molar-refractivity contribution < 1.29 is 13.9 Å². The lowest BCUT2D eigenvalue weighted by molar-refractivity contribution is -0.135. The molecule has 0 saturated carbocycles. The van der Waals surface area contributed by atoms with E-state index in [0.717, 1.165) is 41.8 Å². The van der Waals surface area contributed by atoms with E-state index in [4.69, 9.17) is 4.74 Å². The first-order valence-corrected chi connectivity index (χ1v) is 13.0. The Labute approximate surface area is 197 Å². The molecule has 2 aliphatic heterocycles. The predicted octanol–water partition coefficient (Wildman–Crippen LogP) is 4.95. The summed E-state index contributed by atoms with van der Waals surface area (Å²) in [7, 11) is 0. The number of ether oxygens (including phenoxy) is 1. The summed E-state index contributed by atoms with van der Waals surface area (Å²) in [6, 6.07) is 5.18. The van der Waals surface area contributed by atoms with Crippen LogP contribution in [0.3, 0.4) is 0 Å². The molecule has 1 atom stereocenters. The van der Waals surface area contributed by atoms with Crippen molar-refractivity contribution in [2.24, 2.45) is 0 Å². The Bertz CT molecular complexity index is 944. The molecule has 0 N–H and O–H groups in total. The maximum absolute atomic E-state index is 14.5. The molecule has 174 valence electrons. The lowest BCUT2D eigenvalue weighted by atomic mass is 10.0. The van der Waals surface area contributed by atoms with Crippen LogP contribution in [0, 0.1) is 5.82 Å². The van der Waals surface area contributed by atoms with Crippen LogP contribution in [-0.2, 0) is 4.79 Å². The number of piperidine rings is 1. The molecule has 1 aromatic heterocycles. The van der Waals surface area contributed by atoms with Crippen molar-refractivity contribution in [3.63, 3.8) is 0 Å². The van der Waals surface area contributed by atoms with Gasteiger partial charge in [0, 0.05) is 59.7 Å². The Kier molecular flexibility index (Phi) is 7.24. The number of rotatable bonds is 7. The van der Waals surface area contributed by atoms with Crippen molar-refractivity contribution in [1.82, 2.24) is 14.3 Å². The van der Waals surface area contributed by atoms with Gasteiger partial charge >= 0.3 is 0 Å². The molecule has 1 aromatic carbocycles. The minimum absolute atomic E-state index is 0.0264. The molecule has 6 nitrogen and oxygen atoms in total. The van der Waals surface area contributed by atoms with E-state index in [0.29, 0.717) is 24.1 Å². The summed E-state index contributed by atoms with van der Waals surface area (Å²) in [4.78, 5) is 22.7. The van der Waals surface area contributed by atoms with Crippen LogP contribution >= 0.6 is 23.3 Å². The van der Waals surface area contributed by atoms with Crippen LogP contribution in [0.25, 0.3) is 0 Å². The highest BCUT2D eigenvalue weighted by molar-refractivity contribution is 7.99. The van der Waals surface area contributed by atoms with Crippen LogP contribution in [0.5, 0.6) is 5.75 Å². The number of amides is 1. The molecular weight excluding hydrogens is 447 g/mol. The first kappa shape index (κ1) is 23.3. The summed E-state index contributed by atoms with van der Waals surface area (Å²) < 4.78 is 24.8. The number of carbonyl (C=O) groups excluding carboxylic acids is 1. The van der Waals surface area contributed by atoms with Gasteiger partial charge in [-0.3, -0.25) is 4.79 Å². The van der Waals surface area contributed by atoms with E-state index in [1.54, 1.807) is 17.8 Å². The zero-order chi connectivity index (χ0) is 22.8. The summed E-state index contributed by atoms with van der Waals surface area (Å²) >= 11 is 3.06. The van der Waals surface area contributed by atoms with E-state index in [9.17, 15) is 9.18 Å². The van der Waals surface area contributed by atoms with Gasteiger partial charge in [-0.2, -0.15) is 4.37 Å². The molecule has 0 spiro atoms. The smallest absolute Gasteiger partial charge is 0.263 e. The Balaban J connectivity index is 1.32. The summed E-state index contributed by atoms with van der Waals surface area (Å²) in [6.45, 7) is 10.7. The summed E-state index contributed by atoms with van der Waals surface area (Å²) in [5, 5.41) is 1.34. The second-order valence-electron chi connectivity index (χ2n) is 8.99. The van der Waals surface area contributed by atoms with E-state index in [2.05, 4.69) is 42.0 Å². The number of likely N-dealkylation sites (tertiary alicyclic amines) is 1. The molecule has 2 aliphatic rings. The summed E-state index contributed by atoms with van der Waals surface area (Å²) in [5.74, 6) is 0.941. The molecule has 32 heavy (non-hydrogen) atoms. The highest BCUT2D eigenvalue weighted by Gasteiger charge is 2.39. The zero-order valence-corrected chi connectivity index (χ0v) is 20.7. The predicted molar refractivity (Wildman–Crippen MR) is 127 cm³/mol. The third-order valence-electron chi connectivity index (χ3n) is 5.86. The lowest BCUT2D eigenvalue weighted by Crippen LogP contribution is -2.47. The van der Waals surface area contributed by atoms with E-state index in [1.807, 2.05) is 11.0 Å². The van der Waals surface area contributed by atoms with Gasteiger partial charge in [0.15, 0.2) is 17.7 Å². The molecule has 1 amide bonds. The normalized spacial score (nSPS) is 20.1. The summed E-state index contributed by atoms with van der Waals surface area (Å²) in [6.07, 6.45) is 1.77. The molecule has 2 saturated heterocycles. The monoisotopic (exact) mass is 478 g/mol. The topological polar surface area (TPSA) is 58.6 Å². The molecule has 4 rings (SSSR count). The van der Waals surface area contributed by atoms with Gasteiger partial charge in [-0.25, -0.2) is 9.37 Å². The average molecular weight is 479 g/mol. The number of carbonyl (C=O) groups is 1. The number of thioether (sulfide) groups is 1. The standard InChI is InChI=1S/C23H31FN4O2S2/c1-14(2)21-25-23(32-26-21)27-10-7-16(8-11-27)28-12-9-20(22(28)29)30-19-6-5-17(13-18(19)24)31-15(3)4/h5-6,13-16,20H,7-12H2,1-4H3. The molecule has 2 aromatic rings. The van der Waals surface area contributed by atoms with Crippen molar-refractivity contribution >= 4 is 34.3 Å². The highest BCUT2D eigenvalue weighted by Crippen LogP contribution is 2.31. The van der Waals surface area contributed by atoms with Gasteiger partial charge in [0.1, 0.15) is 5.82 Å². The zero-order valence-electron chi connectivity index (χ0n) is 19.1. The number of hydrogen-bond acceptors (Lipinski definition) is 7. The lowest BCUT2D eigenvalue weighted by Gasteiger charge is -2.36. The van der Waals surface area contributed by atoms with Crippen molar-refractivity contribution in [2.75, 3.05) is 24.5 Å². The van der Waals surface area contributed by atoms with Crippen LogP contribution in [0.15, 0.2) is 23.1 Å². The van der Waals surface area contributed by atoms with E-state index in [-0.39, 0.29) is 17.7 Å². The van der Waals surface area contributed by atoms with Crippen LogP contribution < -0.4 is 9.64 Å². The quantitative estimate of drug-likeness (QED) is 0.525. The van der Waals surface area contributed by atoms with Crippen LogP contribution in [-0.4, -0.2) is 57.2 Å². The minimum Gasteiger partial charge on any atom is -0.477 e. The Morgan fingerprint density at radius 3 is 2.53 bits per heavy atom. The van der Waals surface area contributed by atoms with E-state index >= 15 is 0 Å². The first-order valence-electron chi connectivity index (χ1n) is 11.3.